The van der Waals surface area contributed by atoms with Crippen LogP contribution in [-0.2, 0) is 0 Å². The smallest absolute Gasteiger partial charge is 0.271 e. The Morgan fingerprint density at radius 1 is 0.885 bits per heavy atom. The second-order valence-electron chi connectivity index (χ2n) is 5.70. The summed E-state index contributed by atoms with van der Waals surface area (Å²) in [7, 11) is 1.59. The molecule has 0 aliphatic heterocycles. The number of fused-ring (bicyclic) bond motifs is 2. The van der Waals surface area contributed by atoms with Gasteiger partial charge in [-0.3, -0.25) is 10.1 Å². The largest absolute Gasteiger partial charge is 0.497 e. The predicted molar refractivity (Wildman–Crippen MR) is 99.0 cm³/mol. The number of non-ortho nitro benzene ring substituents is 1. The zero-order chi connectivity index (χ0) is 18.1. The average Bonchev–Trinajstić information content (AvgIpc) is 2.67. The third kappa shape index (κ3) is 2.77. The number of para-hydroxylation sites is 1. The van der Waals surface area contributed by atoms with E-state index in [4.69, 9.17) is 9.47 Å². The minimum Gasteiger partial charge on any atom is -0.497 e. The Morgan fingerprint density at radius 3 is 2.42 bits per heavy atom. The minimum absolute atomic E-state index is 0.0106. The van der Waals surface area contributed by atoms with E-state index in [0.29, 0.717) is 33.7 Å². The van der Waals surface area contributed by atoms with E-state index in [1.54, 1.807) is 19.2 Å². The number of aromatic nitrogens is 1. The first kappa shape index (κ1) is 15.8. The zero-order valence-electron chi connectivity index (χ0n) is 13.9. The van der Waals surface area contributed by atoms with Crippen molar-refractivity contribution in [1.29, 1.82) is 0 Å². The summed E-state index contributed by atoms with van der Waals surface area (Å²) in [6.07, 6.45) is 0. The Labute approximate surface area is 148 Å². The van der Waals surface area contributed by atoms with E-state index in [2.05, 4.69) is 4.98 Å². The number of benzene rings is 3. The Kier molecular flexibility index (Phi) is 3.85. The van der Waals surface area contributed by atoms with Crippen molar-refractivity contribution in [2.75, 3.05) is 7.11 Å². The fourth-order valence-corrected chi connectivity index (χ4v) is 2.83. The maximum atomic E-state index is 11.1. The zero-order valence-corrected chi connectivity index (χ0v) is 13.9. The number of rotatable bonds is 4. The molecule has 6 nitrogen and oxygen atoms in total. The van der Waals surface area contributed by atoms with Crippen molar-refractivity contribution in [3.8, 4) is 17.2 Å². The van der Waals surface area contributed by atoms with Gasteiger partial charge >= 0.3 is 0 Å². The Hall–Kier alpha value is -3.67. The highest BCUT2D eigenvalue weighted by atomic mass is 16.6. The fourth-order valence-electron chi connectivity index (χ4n) is 2.83. The normalized spacial score (nSPS) is 10.8. The highest BCUT2D eigenvalue weighted by Gasteiger charge is 2.15. The third-order valence-corrected chi connectivity index (χ3v) is 4.09. The second kappa shape index (κ2) is 6.33. The second-order valence-corrected chi connectivity index (χ2v) is 5.70. The highest BCUT2D eigenvalue weighted by molar-refractivity contribution is 6.02. The molecular formula is C20H14N2O4. The lowest BCUT2D eigenvalue weighted by Crippen LogP contribution is -1.94. The van der Waals surface area contributed by atoms with Crippen LogP contribution in [-0.4, -0.2) is 17.0 Å². The van der Waals surface area contributed by atoms with Crippen molar-refractivity contribution in [2.45, 2.75) is 0 Å². The van der Waals surface area contributed by atoms with Crippen LogP contribution in [0.4, 0.5) is 5.69 Å². The Balaban J connectivity index is 2.02. The van der Waals surface area contributed by atoms with E-state index < -0.39 is 4.92 Å². The maximum Gasteiger partial charge on any atom is 0.271 e. The summed E-state index contributed by atoms with van der Waals surface area (Å²) in [6.45, 7) is 0. The first-order valence-electron chi connectivity index (χ1n) is 7.94. The van der Waals surface area contributed by atoms with Crippen molar-refractivity contribution in [3.63, 3.8) is 0 Å². The van der Waals surface area contributed by atoms with Crippen molar-refractivity contribution in [2.24, 2.45) is 0 Å². The number of hydrogen-bond donors (Lipinski definition) is 0. The van der Waals surface area contributed by atoms with Crippen LogP contribution in [0.15, 0.2) is 66.7 Å². The summed E-state index contributed by atoms with van der Waals surface area (Å²) in [5.41, 5.74) is 1.16. The Morgan fingerprint density at radius 2 is 1.69 bits per heavy atom. The van der Waals surface area contributed by atoms with Gasteiger partial charge in [0.15, 0.2) is 0 Å². The summed E-state index contributed by atoms with van der Waals surface area (Å²) in [4.78, 5) is 15.2. The lowest BCUT2D eigenvalue weighted by molar-refractivity contribution is -0.384. The van der Waals surface area contributed by atoms with Crippen LogP contribution < -0.4 is 9.47 Å². The van der Waals surface area contributed by atoms with Gasteiger partial charge in [-0.1, -0.05) is 18.2 Å². The van der Waals surface area contributed by atoms with E-state index in [1.165, 1.54) is 12.1 Å². The maximum absolute atomic E-state index is 11.1. The van der Waals surface area contributed by atoms with Gasteiger partial charge in [-0.2, -0.15) is 0 Å². The van der Waals surface area contributed by atoms with E-state index in [9.17, 15) is 10.1 Å². The number of nitrogens with zero attached hydrogens (tertiary/aromatic N) is 2. The molecule has 0 atom stereocenters. The van der Waals surface area contributed by atoms with Gasteiger partial charge in [0.05, 0.1) is 23.1 Å². The number of nitro groups is 1. The Bertz CT molecular complexity index is 1130. The van der Waals surface area contributed by atoms with Crippen molar-refractivity contribution >= 4 is 27.5 Å². The van der Waals surface area contributed by atoms with Gasteiger partial charge in [0.1, 0.15) is 17.2 Å². The van der Waals surface area contributed by atoms with E-state index in [-0.39, 0.29) is 5.69 Å². The van der Waals surface area contributed by atoms with Gasteiger partial charge in [-0.05, 0) is 36.4 Å². The number of methoxy groups -OCH3 is 1. The molecule has 0 unspecified atom stereocenters. The van der Waals surface area contributed by atoms with Crippen LogP contribution in [0.1, 0.15) is 0 Å². The molecule has 1 aromatic heterocycles. The van der Waals surface area contributed by atoms with Gasteiger partial charge in [0, 0.05) is 22.9 Å². The van der Waals surface area contributed by atoms with Crippen LogP contribution in [0.2, 0.25) is 0 Å². The molecule has 26 heavy (non-hydrogen) atoms. The molecule has 0 bridgehead atoms. The monoisotopic (exact) mass is 346 g/mol. The minimum atomic E-state index is -0.433. The summed E-state index contributed by atoms with van der Waals surface area (Å²) >= 11 is 0. The first-order chi connectivity index (χ1) is 12.7. The van der Waals surface area contributed by atoms with Crippen LogP contribution in [0.3, 0.4) is 0 Å². The SMILES string of the molecule is COc1ccc2nc3cc([N+](=O)[O-])ccc3c(Oc3ccccc3)c2c1. The molecule has 0 spiro atoms. The number of pyridine rings is 1. The van der Waals surface area contributed by atoms with Crippen LogP contribution in [0.5, 0.6) is 17.2 Å². The van der Waals surface area contributed by atoms with Crippen LogP contribution in [0, 0.1) is 10.1 Å². The third-order valence-electron chi connectivity index (χ3n) is 4.09. The lowest BCUT2D eigenvalue weighted by Gasteiger charge is -2.13. The topological polar surface area (TPSA) is 74.5 Å². The molecule has 0 saturated heterocycles. The molecule has 1 heterocycles. The first-order valence-corrected chi connectivity index (χ1v) is 7.94. The molecule has 3 aromatic carbocycles. The molecule has 0 aliphatic rings. The number of nitro benzene ring substituents is 1. The van der Waals surface area contributed by atoms with Gasteiger partial charge in [0.2, 0.25) is 0 Å². The fraction of sp³-hybridized carbons (Fsp3) is 0.0500. The van der Waals surface area contributed by atoms with Crippen molar-refractivity contribution in [3.05, 3.63) is 76.8 Å². The summed E-state index contributed by atoms with van der Waals surface area (Å²) in [6, 6.07) is 19.4. The van der Waals surface area contributed by atoms with Gasteiger partial charge in [0.25, 0.3) is 5.69 Å². The lowest BCUT2D eigenvalue weighted by atomic mass is 10.1. The van der Waals surface area contributed by atoms with Gasteiger partial charge in [-0.15, -0.1) is 0 Å². The predicted octanol–water partition coefficient (Wildman–Crippen LogP) is 5.10. The summed E-state index contributed by atoms with van der Waals surface area (Å²) < 4.78 is 11.5. The molecule has 4 aromatic rings. The molecule has 6 heteroatoms. The van der Waals surface area contributed by atoms with Gasteiger partial charge < -0.3 is 9.47 Å². The molecule has 0 radical (unpaired) electrons. The van der Waals surface area contributed by atoms with E-state index in [0.717, 1.165) is 5.39 Å². The standard InChI is InChI=1S/C20H14N2O4/c1-25-15-8-10-18-17(12-15)20(26-14-5-3-2-4-6-14)16-9-7-13(22(23)24)11-19(16)21-18/h2-12H,1H3. The highest BCUT2D eigenvalue weighted by Crippen LogP contribution is 2.38. The summed E-state index contributed by atoms with van der Waals surface area (Å²) in [5.74, 6) is 1.94. The molecule has 0 N–H and O–H groups in total. The summed E-state index contributed by atoms with van der Waals surface area (Å²) in [5, 5.41) is 12.6. The van der Waals surface area contributed by atoms with Gasteiger partial charge in [-0.25, -0.2) is 4.98 Å². The van der Waals surface area contributed by atoms with E-state index >= 15 is 0 Å². The molecule has 4 rings (SSSR count). The van der Waals surface area contributed by atoms with Crippen molar-refractivity contribution in [1.82, 2.24) is 4.98 Å². The quantitative estimate of drug-likeness (QED) is 0.292. The number of ether oxygens (including phenoxy) is 2. The average molecular weight is 346 g/mol. The molecule has 0 aliphatic carbocycles. The molecule has 0 saturated carbocycles. The molecule has 0 fully saturated rings. The molecule has 128 valence electrons. The number of hydrogen-bond acceptors (Lipinski definition) is 5. The van der Waals surface area contributed by atoms with E-state index in [1.807, 2.05) is 42.5 Å². The van der Waals surface area contributed by atoms with Crippen LogP contribution >= 0.6 is 0 Å². The molecule has 0 amide bonds. The van der Waals surface area contributed by atoms with Crippen LogP contribution in [0.25, 0.3) is 21.8 Å². The van der Waals surface area contributed by atoms with Crippen molar-refractivity contribution < 1.29 is 14.4 Å². The molecular weight excluding hydrogens is 332 g/mol.